The first kappa shape index (κ1) is 15.3. The lowest BCUT2D eigenvalue weighted by molar-refractivity contribution is -0.0570. The average Bonchev–Trinajstić information content (AvgIpc) is 3.20. The van der Waals surface area contributed by atoms with Crippen molar-refractivity contribution in [1.82, 2.24) is 5.32 Å². The summed E-state index contributed by atoms with van der Waals surface area (Å²) < 4.78 is 6.42. The van der Waals surface area contributed by atoms with Gasteiger partial charge in [0.25, 0.3) is 0 Å². The van der Waals surface area contributed by atoms with Gasteiger partial charge in [-0.1, -0.05) is 39.5 Å². The van der Waals surface area contributed by atoms with Crippen molar-refractivity contribution in [2.45, 2.75) is 89.7 Å². The third kappa shape index (κ3) is 5.83. The van der Waals surface area contributed by atoms with Crippen molar-refractivity contribution in [1.29, 1.82) is 0 Å². The lowest BCUT2D eigenvalue weighted by Gasteiger charge is -2.33. The smallest absolute Gasteiger partial charge is 0.0806 e. The van der Waals surface area contributed by atoms with Crippen LogP contribution in [-0.2, 0) is 4.74 Å². The van der Waals surface area contributed by atoms with E-state index in [1.54, 1.807) is 0 Å². The minimum Gasteiger partial charge on any atom is -0.374 e. The summed E-state index contributed by atoms with van der Waals surface area (Å²) >= 11 is 0. The maximum atomic E-state index is 6.42. The molecule has 0 amide bonds. The van der Waals surface area contributed by atoms with Crippen LogP contribution >= 0.6 is 0 Å². The van der Waals surface area contributed by atoms with Crippen LogP contribution < -0.4 is 5.32 Å². The van der Waals surface area contributed by atoms with E-state index >= 15 is 0 Å². The van der Waals surface area contributed by atoms with Crippen LogP contribution in [-0.4, -0.2) is 24.8 Å². The molecule has 2 heteroatoms. The molecule has 0 aliphatic heterocycles. The molecule has 0 atom stereocenters. The van der Waals surface area contributed by atoms with Crippen molar-refractivity contribution in [3.8, 4) is 0 Å². The van der Waals surface area contributed by atoms with Gasteiger partial charge in [-0.25, -0.2) is 0 Å². The topological polar surface area (TPSA) is 21.3 Å². The van der Waals surface area contributed by atoms with Gasteiger partial charge in [-0.3, -0.25) is 0 Å². The highest BCUT2D eigenvalue weighted by atomic mass is 16.5. The van der Waals surface area contributed by atoms with Crippen LogP contribution in [0.25, 0.3) is 0 Å². The van der Waals surface area contributed by atoms with E-state index in [1.807, 2.05) is 0 Å². The van der Waals surface area contributed by atoms with Crippen LogP contribution in [0.2, 0.25) is 0 Å². The standard InChI is InChI=1S/C17H33NO/c1-15(2)8-7-13-19-17(14-18-16-9-10-16)11-5-3-4-6-12-17/h15-16,18H,3-14H2,1-2H3. The Labute approximate surface area is 119 Å². The summed E-state index contributed by atoms with van der Waals surface area (Å²) in [5, 5.41) is 3.72. The van der Waals surface area contributed by atoms with Crippen LogP contribution in [0.5, 0.6) is 0 Å². The van der Waals surface area contributed by atoms with E-state index in [0.29, 0.717) is 0 Å². The van der Waals surface area contributed by atoms with Crippen LogP contribution in [0.1, 0.15) is 78.1 Å². The van der Waals surface area contributed by atoms with E-state index in [2.05, 4.69) is 19.2 Å². The summed E-state index contributed by atoms with van der Waals surface area (Å²) in [5.74, 6) is 0.804. The zero-order valence-corrected chi connectivity index (χ0v) is 13.0. The van der Waals surface area contributed by atoms with Gasteiger partial charge in [0.1, 0.15) is 0 Å². The quantitative estimate of drug-likeness (QED) is 0.523. The molecule has 1 N–H and O–H groups in total. The Morgan fingerprint density at radius 1 is 1.11 bits per heavy atom. The van der Waals surface area contributed by atoms with E-state index in [4.69, 9.17) is 4.74 Å². The van der Waals surface area contributed by atoms with Gasteiger partial charge in [0.05, 0.1) is 5.60 Å². The summed E-state index contributed by atoms with van der Waals surface area (Å²) in [4.78, 5) is 0. The van der Waals surface area contributed by atoms with Crippen molar-refractivity contribution in [2.75, 3.05) is 13.2 Å². The summed E-state index contributed by atoms with van der Waals surface area (Å²) in [5.41, 5.74) is 0.163. The third-order valence-electron chi connectivity index (χ3n) is 4.64. The molecule has 2 aliphatic rings. The Morgan fingerprint density at radius 2 is 1.79 bits per heavy atom. The largest absolute Gasteiger partial charge is 0.374 e. The molecule has 0 spiro atoms. The number of ether oxygens (including phenoxy) is 1. The van der Waals surface area contributed by atoms with Gasteiger partial charge in [0.15, 0.2) is 0 Å². The van der Waals surface area contributed by atoms with E-state index in [0.717, 1.165) is 25.1 Å². The van der Waals surface area contributed by atoms with Crippen molar-refractivity contribution in [3.05, 3.63) is 0 Å². The zero-order valence-electron chi connectivity index (χ0n) is 13.0. The van der Waals surface area contributed by atoms with Crippen molar-refractivity contribution in [3.63, 3.8) is 0 Å². The molecular weight excluding hydrogens is 234 g/mol. The Balaban J connectivity index is 1.77. The molecule has 0 heterocycles. The molecule has 0 bridgehead atoms. The molecule has 2 aliphatic carbocycles. The lowest BCUT2D eigenvalue weighted by Crippen LogP contribution is -2.43. The molecule has 2 saturated carbocycles. The van der Waals surface area contributed by atoms with E-state index in [1.165, 1.54) is 64.2 Å². The Bertz CT molecular complexity index is 240. The van der Waals surface area contributed by atoms with Crippen LogP contribution in [0.3, 0.4) is 0 Å². The first-order chi connectivity index (χ1) is 9.20. The summed E-state index contributed by atoms with van der Waals surface area (Å²) in [7, 11) is 0. The Kier molecular flexibility index (Phi) is 6.15. The predicted octanol–water partition coefficient (Wildman–Crippen LogP) is 4.28. The van der Waals surface area contributed by atoms with Gasteiger partial charge < -0.3 is 10.1 Å². The zero-order chi connectivity index (χ0) is 13.6. The van der Waals surface area contributed by atoms with Gasteiger partial charge in [-0.15, -0.1) is 0 Å². The molecule has 0 saturated heterocycles. The average molecular weight is 267 g/mol. The van der Waals surface area contributed by atoms with Gasteiger partial charge >= 0.3 is 0 Å². The fourth-order valence-electron chi connectivity index (χ4n) is 3.14. The SMILES string of the molecule is CC(C)CCCOC1(CNC2CC2)CCCCCC1. The maximum absolute atomic E-state index is 6.42. The second-order valence-corrected chi connectivity index (χ2v) is 7.14. The van der Waals surface area contributed by atoms with Crippen LogP contribution in [0.15, 0.2) is 0 Å². The molecule has 2 fully saturated rings. The fraction of sp³-hybridized carbons (Fsp3) is 1.00. The van der Waals surface area contributed by atoms with Crippen molar-refractivity contribution in [2.24, 2.45) is 5.92 Å². The van der Waals surface area contributed by atoms with E-state index in [9.17, 15) is 0 Å². The van der Waals surface area contributed by atoms with Gasteiger partial charge in [-0.05, 0) is 44.4 Å². The number of rotatable bonds is 8. The molecule has 19 heavy (non-hydrogen) atoms. The van der Waals surface area contributed by atoms with Crippen LogP contribution in [0.4, 0.5) is 0 Å². The molecule has 112 valence electrons. The molecule has 2 rings (SSSR count). The molecule has 0 radical (unpaired) electrons. The molecular formula is C17H33NO. The van der Waals surface area contributed by atoms with Gasteiger partial charge in [-0.2, -0.15) is 0 Å². The lowest BCUT2D eigenvalue weighted by atomic mass is 9.93. The number of nitrogens with one attached hydrogen (secondary N) is 1. The molecule has 0 aromatic heterocycles. The number of hydrogen-bond acceptors (Lipinski definition) is 2. The highest BCUT2D eigenvalue weighted by Gasteiger charge is 2.33. The fourth-order valence-corrected chi connectivity index (χ4v) is 3.14. The van der Waals surface area contributed by atoms with Crippen molar-refractivity contribution >= 4 is 0 Å². The highest BCUT2D eigenvalue weighted by Crippen LogP contribution is 2.31. The van der Waals surface area contributed by atoms with Gasteiger partial charge in [0, 0.05) is 19.2 Å². The summed E-state index contributed by atoms with van der Waals surface area (Å²) in [6.45, 7) is 6.66. The Morgan fingerprint density at radius 3 is 2.37 bits per heavy atom. The molecule has 0 unspecified atom stereocenters. The summed E-state index contributed by atoms with van der Waals surface area (Å²) in [6, 6.07) is 0.805. The van der Waals surface area contributed by atoms with Crippen LogP contribution in [0, 0.1) is 5.92 Å². The minimum atomic E-state index is 0.163. The first-order valence-corrected chi connectivity index (χ1v) is 8.58. The Hall–Kier alpha value is -0.0800. The number of hydrogen-bond donors (Lipinski definition) is 1. The van der Waals surface area contributed by atoms with E-state index < -0.39 is 0 Å². The minimum absolute atomic E-state index is 0.163. The first-order valence-electron chi connectivity index (χ1n) is 8.58. The highest BCUT2D eigenvalue weighted by molar-refractivity contribution is 4.90. The summed E-state index contributed by atoms with van der Waals surface area (Å²) in [6.07, 6.45) is 13.3. The maximum Gasteiger partial charge on any atom is 0.0806 e. The predicted molar refractivity (Wildman–Crippen MR) is 81.5 cm³/mol. The second-order valence-electron chi connectivity index (χ2n) is 7.14. The third-order valence-corrected chi connectivity index (χ3v) is 4.64. The molecule has 2 nitrogen and oxygen atoms in total. The monoisotopic (exact) mass is 267 g/mol. The van der Waals surface area contributed by atoms with E-state index in [-0.39, 0.29) is 5.60 Å². The van der Waals surface area contributed by atoms with Gasteiger partial charge in [0.2, 0.25) is 0 Å². The van der Waals surface area contributed by atoms with Crippen molar-refractivity contribution < 1.29 is 4.74 Å². The molecule has 0 aromatic carbocycles. The molecule has 0 aromatic rings. The normalized spacial score (nSPS) is 23.5. The second kappa shape index (κ2) is 7.64.